The summed E-state index contributed by atoms with van der Waals surface area (Å²) in [6, 6.07) is 7.75. The molecule has 1 aromatic carbocycles. The van der Waals surface area contributed by atoms with Crippen LogP contribution in [0, 0.1) is 5.82 Å². The molecule has 112 valence electrons. The van der Waals surface area contributed by atoms with E-state index in [9.17, 15) is 9.18 Å². The maximum atomic E-state index is 13.3. The molecule has 2 N–H and O–H groups in total. The molecule has 1 amide bonds. The molecule has 0 spiro atoms. The van der Waals surface area contributed by atoms with Crippen molar-refractivity contribution in [3.8, 4) is 5.75 Å². The molecule has 1 heterocycles. The molecule has 0 aliphatic heterocycles. The third kappa shape index (κ3) is 3.82. The number of carbonyl (C=O) groups excluding carboxylic acids is 1. The molecule has 5 nitrogen and oxygen atoms in total. The second kappa shape index (κ2) is 6.90. The number of nitrogens with zero attached hydrogens (tertiary/aromatic N) is 1. The number of amides is 1. The quantitative estimate of drug-likeness (QED) is 0.884. The van der Waals surface area contributed by atoms with Gasteiger partial charge in [0.25, 0.3) is 5.91 Å². The number of halogens is 1. The number of nitrogens with two attached hydrogens (primary N) is 1. The largest absolute Gasteiger partial charge is 0.489 e. The van der Waals surface area contributed by atoms with Gasteiger partial charge in [0.2, 0.25) is 0 Å². The van der Waals surface area contributed by atoms with Crippen LogP contribution in [0.2, 0.25) is 0 Å². The summed E-state index contributed by atoms with van der Waals surface area (Å²) in [4.78, 5) is 13.6. The van der Waals surface area contributed by atoms with E-state index < -0.39 is 5.82 Å². The lowest BCUT2D eigenvalue weighted by Crippen LogP contribution is -2.30. The molecule has 0 fully saturated rings. The molecule has 0 radical (unpaired) electrons. The lowest BCUT2D eigenvalue weighted by atomic mass is 10.2. The van der Waals surface area contributed by atoms with Crippen LogP contribution >= 0.6 is 0 Å². The van der Waals surface area contributed by atoms with Gasteiger partial charge in [-0.25, -0.2) is 4.39 Å². The first-order valence-corrected chi connectivity index (χ1v) is 6.52. The maximum absolute atomic E-state index is 13.3. The molecule has 2 aromatic rings. The SMILES string of the molecule is CN(CCOc1ccccc1F)C(=O)c1coc(CN)c1. The number of likely N-dealkylation sites (N-methyl/N-ethyl adjacent to an activating group) is 1. The highest BCUT2D eigenvalue weighted by molar-refractivity contribution is 5.93. The zero-order valence-electron chi connectivity index (χ0n) is 11.7. The average molecular weight is 292 g/mol. The molecule has 0 saturated heterocycles. The van der Waals surface area contributed by atoms with Crippen molar-refractivity contribution in [2.45, 2.75) is 6.54 Å². The lowest BCUT2D eigenvalue weighted by Gasteiger charge is -2.16. The van der Waals surface area contributed by atoms with Crippen molar-refractivity contribution in [1.29, 1.82) is 0 Å². The number of carbonyl (C=O) groups is 1. The van der Waals surface area contributed by atoms with Crippen molar-refractivity contribution < 1.29 is 18.3 Å². The molecule has 0 atom stereocenters. The van der Waals surface area contributed by atoms with Crippen LogP contribution in [0.4, 0.5) is 4.39 Å². The zero-order valence-corrected chi connectivity index (χ0v) is 11.7. The van der Waals surface area contributed by atoms with Crippen molar-refractivity contribution in [3.63, 3.8) is 0 Å². The monoisotopic (exact) mass is 292 g/mol. The minimum Gasteiger partial charge on any atom is -0.489 e. The Morgan fingerprint density at radius 2 is 2.19 bits per heavy atom. The highest BCUT2D eigenvalue weighted by atomic mass is 19.1. The number of hydrogen-bond acceptors (Lipinski definition) is 4. The normalized spacial score (nSPS) is 10.4. The average Bonchev–Trinajstić information content (AvgIpc) is 2.97. The Morgan fingerprint density at radius 3 is 2.86 bits per heavy atom. The number of benzene rings is 1. The number of hydrogen-bond donors (Lipinski definition) is 1. The number of para-hydroxylation sites is 1. The Hall–Kier alpha value is -2.34. The van der Waals surface area contributed by atoms with Crippen LogP contribution in [0.5, 0.6) is 5.75 Å². The van der Waals surface area contributed by atoms with E-state index in [0.717, 1.165) is 0 Å². The molecule has 1 aromatic heterocycles. The molecular weight excluding hydrogens is 275 g/mol. The van der Waals surface area contributed by atoms with Crippen molar-refractivity contribution in [2.75, 3.05) is 20.2 Å². The summed E-state index contributed by atoms with van der Waals surface area (Å²) >= 11 is 0. The fourth-order valence-electron chi connectivity index (χ4n) is 1.78. The summed E-state index contributed by atoms with van der Waals surface area (Å²) in [5.41, 5.74) is 5.86. The van der Waals surface area contributed by atoms with Gasteiger partial charge >= 0.3 is 0 Å². The highest BCUT2D eigenvalue weighted by Gasteiger charge is 2.14. The molecule has 0 aliphatic rings. The van der Waals surface area contributed by atoms with Crippen LogP contribution in [0.25, 0.3) is 0 Å². The summed E-state index contributed by atoms with van der Waals surface area (Å²) in [5, 5.41) is 0. The van der Waals surface area contributed by atoms with E-state index in [1.54, 1.807) is 31.3 Å². The van der Waals surface area contributed by atoms with E-state index in [2.05, 4.69) is 0 Å². The van der Waals surface area contributed by atoms with Gasteiger partial charge in [0.05, 0.1) is 18.7 Å². The second-order valence-electron chi connectivity index (χ2n) is 4.51. The first-order chi connectivity index (χ1) is 10.1. The van der Waals surface area contributed by atoms with E-state index in [1.807, 2.05) is 0 Å². The van der Waals surface area contributed by atoms with Crippen molar-refractivity contribution in [1.82, 2.24) is 4.90 Å². The fourth-order valence-corrected chi connectivity index (χ4v) is 1.78. The summed E-state index contributed by atoms with van der Waals surface area (Å²) in [6.07, 6.45) is 1.37. The predicted molar refractivity (Wildman–Crippen MR) is 75.5 cm³/mol. The van der Waals surface area contributed by atoms with Gasteiger partial charge < -0.3 is 19.8 Å². The van der Waals surface area contributed by atoms with E-state index in [-0.39, 0.29) is 24.8 Å². The molecule has 0 bridgehead atoms. The van der Waals surface area contributed by atoms with Crippen LogP contribution in [-0.4, -0.2) is 31.0 Å². The van der Waals surface area contributed by atoms with E-state index in [4.69, 9.17) is 14.9 Å². The Balaban J connectivity index is 1.85. The van der Waals surface area contributed by atoms with Gasteiger partial charge in [-0.2, -0.15) is 0 Å². The molecular formula is C15H17FN2O3. The third-order valence-corrected chi connectivity index (χ3v) is 2.97. The Bertz CT molecular complexity index is 612. The predicted octanol–water partition coefficient (Wildman–Crippen LogP) is 2.03. The van der Waals surface area contributed by atoms with Crippen molar-refractivity contribution in [2.24, 2.45) is 5.73 Å². The van der Waals surface area contributed by atoms with E-state index in [1.165, 1.54) is 17.2 Å². The Kier molecular flexibility index (Phi) is 4.94. The van der Waals surface area contributed by atoms with Gasteiger partial charge in [0.15, 0.2) is 11.6 Å². The van der Waals surface area contributed by atoms with Crippen LogP contribution < -0.4 is 10.5 Å². The Morgan fingerprint density at radius 1 is 1.43 bits per heavy atom. The summed E-state index contributed by atoms with van der Waals surface area (Å²) in [5.74, 6) is 0.103. The second-order valence-corrected chi connectivity index (χ2v) is 4.51. The smallest absolute Gasteiger partial charge is 0.256 e. The van der Waals surface area contributed by atoms with E-state index >= 15 is 0 Å². The van der Waals surface area contributed by atoms with Gasteiger partial charge in [-0.3, -0.25) is 4.79 Å². The first kappa shape index (κ1) is 15.1. The molecule has 0 saturated carbocycles. The number of rotatable bonds is 6. The van der Waals surface area contributed by atoms with Gasteiger partial charge in [0, 0.05) is 7.05 Å². The van der Waals surface area contributed by atoms with Crippen molar-refractivity contribution in [3.05, 3.63) is 53.7 Å². The summed E-state index contributed by atoms with van der Waals surface area (Å²) < 4.78 is 23.8. The molecule has 2 rings (SSSR count). The number of furan rings is 1. The first-order valence-electron chi connectivity index (χ1n) is 6.52. The third-order valence-electron chi connectivity index (χ3n) is 2.97. The van der Waals surface area contributed by atoms with E-state index in [0.29, 0.717) is 17.9 Å². The lowest BCUT2D eigenvalue weighted by molar-refractivity contribution is 0.0772. The summed E-state index contributed by atoms with van der Waals surface area (Å²) in [7, 11) is 1.64. The minimum absolute atomic E-state index is 0.173. The number of ether oxygens (including phenoxy) is 1. The Labute approximate surface area is 122 Å². The minimum atomic E-state index is -0.422. The van der Waals surface area contributed by atoms with Gasteiger partial charge in [-0.15, -0.1) is 0 Å². The van der Waals surface area contributed by atoms with Crippen LogP contribution in [-0.2, 0) is 6.54 Å². The fraction of sp³-hybridized carbons (Fsp3) is 0.267. The van der Waals surface area contributed by atoms with Crippen molar-refractivity contribution >= 4 is 5.91 Å². The standard InChI is InChI=1S/C15H17FN2O3/c1-18(15(19)11-8-12(9-17)21-10-11)6-7-20-14-5-3-2-4-13(14)16/h2-5,8,10H,6-7,9,17H2,1H3. The topological polar surface area (TPSA) is 68.7 Å². The molecule has 0 aliphatic carbocycles. The molecule has 6 heteroatoms. The summed E-state index contributed by atoms with van der Waals surface area (Å²) in [6.45, 7) is 0.772. The highest BCUT2D eigenvalue weighted by Crippen LogP contribution is 2.15. The van der Waals surface area contributed by atoms with Crippen LogP contribution in [0.3, 0.4) is 0 Å². The zero-order chi connectivity index (χ0) is 15.2. The molecule has 0 unspecified atom stereocenters. The van der Waals surface area contributed by atoms with Gasteiger partial charge in [-0.05, 0) is 18.2 Å². The van der Waals surface area contributed by atoms with Crippen LogP contribution in [0.1, 0.15) is 16.1 Å². The maximum Gasteiger partial charge on any atom is 0.256 e. The molecule has 21 heavy (non-hydrogen) atoms. The van der Waals surface area contributed by atoms with Crippen LogP contribution in [0.15, 0.2) is 41.0 Å². The van der Waals surface area contributed by atoms with Gasteiger partial charge in [0.1, 0.15) is 18.6 Å². The van der Waals surface area contributed by atoms with Gasteiger partial charge in [-0.1, -0.05) is 12.1 Å².